The van der Waals surface area contributed by atoms with Gasteiger partial charge in [0.25, 0.3) is 0 Å². The fourth-order valence-corrected chi connectivity index (χ4v) is 2.05. The summed E-state index contributed by atoms with van der Waals surface area (Å²) in [5.41, 5.74) is 1.16. The number of aromatic nitrogens is 3. The van der Waals surface area contributed by atoms with Crippen molar-refractivity contribution in [1.82, 2.24) is 19.7 Å². The van der Waals surface area contributed by atoms with Crippen molar-refractivity contribution in [3.05, 3.63) is 52.3 Å². The average molecular weight is 291 g/mol. The lowest BCUT2D eigenvalue weighted by molar-refractivity contribution is -0.394. The minimum absolute atomic E-state index is 0.167. The van der Waals surface area contributed by atoms with E-state index in [1.165, 1.54) is 11.0 Å². The van der Waals surface area contributed by atoms with Crippen LogP contribution < -0.4 is 0 Å². The molecule has 8 heteroatoms. The summed E-state index contributed by atoms with van der Waals surface area (Å²) in [6.45, 7) is 1.32. The van der Waals surface area contributed by atoms with Crippen LogP contribution in [-0.4, -0.2) is 49.4 Å². The zero-order chi connectivity index (χ0) is 15.2. The third-order valence-corrected chi connectivity index (χ3v) is 2.90. The second-order valence-electron chi connectivity index (χ2n) is 4.86. The molecule has 0 bridgehead atoms. The summed E-state index contributed by atoms with van der Waals surface area (Å²) >= 11 is 0. The summed E-state index contributed by atoms with van der Waals surface area (Å²) < 4.78 is 1.28. The zero-order valence-corrected chi connectivity index (χ0v) is 11.7. The van der Waals surface area contributed by atoms with Crippen LogP contribution in [0.25, 0.3) is 0 Å². The Morgan fingerprint density at radius 3 is 2.76 bits per heavy atom. The number of nitro groups is 1. The maximum Gasteiger partial charge on any atom is 0.490 e. The van der Waals surface area contributed by atoms with Gasteiger partial charge in [0.15, 0.2) is 0 Å². The molecule has 21 heavy (non-hydrogen) atoms. The number of aliphatic hydroxyl groups is 1. The molecule has 1 unspecified atom stereocenters. The number of aliphatic hydroxyl groups excluding tert-OH is 1. The lowest BCUT2D eigenvalue weighted by Crippen LogP contribution is -2.31. The second-order valence-corrected chi connectivity index (χ2v) is 4.86. The summed E-state index contributed by atoms with van der Waals surface area (Å²) in [6, 6.07) is 9.92. The third kappa shape index (κ3) is 4.62. The van der Waals surface area contributed by atoms with Crippen molar-refractivity contribution in [2.75, 3.05) is 13.6 Å². The van der Waals surface area contributed by atoms with Gasteiger partial charge in [-0.15, -0.1) is 0 Å². The monoisotopic (exact) mass is 291 g/mol. The van der Waals surface area contributed by atoms with Gasteiger partial charge in [0.2, 0.25) is 6.33 Å². The molecule has 0 radical (unpaired) electrons. The van der Waals surface area contributed by atoms with Crippen LogP contribution >= 0.6 is 0 Å². The normalized spacial score (nSPS) is 12.5. The highest BCUT2D eigenvalue weighted by molar-refractivity contribution is 5.14. The van der Waals surface area contributed by atoms with Crippen molar-refractivity contribution in [2.24, 2.45) is 0 Å². The second kappa shape index (κ2) is 6.91. The smallest absolute Gasteiger partial charge is 0.390 e. The maximum atomic E-state index is 10.5. The van der Waals surface area contributed by atoms with E-state index in [0.717, 1.165) is 12.1 Å². The van der Waals surface area contributed by atoms with E-state index in [9.17, 15) is 15.2 Å². The van der Waals surface area contributed by atoms with Crippen LogP contribution in [0.2, 0.25) is 0 Å². The molecule has 2 rings (SSSR count). The lowest BCUT2D eigenvalue weighted by atomic mass is 10.2. The van der Waals surface area contributed by atoms with E-state index in [1.807, 2.05) is 42.3 Å². The van der Waals surface area contributed by atoms with Gasteiger partial charge in [0.1, 0.15) is 0 Å². The number of likely N-dealkylation sites (N-methyl/N-ethyl adjacent to an activating group) is 1. The van der Waals surface area contributed by atoms with E-state index in [0.29, 0.717) is 6.54 Å². The standard InChI is InChI=1S/C13H17N5O3/c1-16(7-11-5-3-2-4-6-11)8-12(19)9-17-10-14-13(15-17)18(20)21/h2-6,10,12,19H,7-9H2,1H3. The Morgan fingerprint density at radius 1 is 1.43 bits per heavy atom. The highest BCUT2D eigenvalue weighted by Crippen LogP contribution is 2.05. The summed E-state index contributed by atoms with van der Waals surface area (Å²) in [5.74, 6) is -0.458. The van der Waals surface area contributed by atoms with Crippen LogP contribution in [-0.2, 0) is 13.1 Å². The van der Waals surface area contributed by atoms with E-state index >= 15 is 0 Å². The molecule has 0 aliphatic carbocycles. The molecule has 1 aromatic heterocycles. The summed E-state index contributed by atoms with van der Waals surface area (Å²) in [5, 5.41) is 24.1. The Bertz CT molecular complexity index is 587. The molecule has 2 aromatic rings. The largest absolute Gasteiger partial charge is 0.490 e. The number of nitrogens with zero attached hydrogens (tertiary/aromatic N) is 5. The molecule has 1 aromatic carbocycles. The van der Waals surface area contributed by atoms with Gasteiger partial charge in [-0.25, -0.2) is 0 Å². The number of benzene rings is 1. The van der Waals surface area contributed by atoms with Crippen LogP contribution in [0.15, 0.2) is 36.7 Å². The zero-order valence-electron chi connectivity index (χ0n) is 11.7. The predicted molar refractivity (Wildman–Crippen MR) is 75.5 cm³/mol. The van der Waals surface area contributed by atoms with Gasteiger partial charge < -0.3 is 15.2 Å². The highest BCUT2D eigenvalue weighted by Gasteiger charge is 2.16. The number of rotatable bonds is 7. The van der Waals surface area contributed by atoms with E-state index in [2.05, 4.69) is 10.1 Å². The van der Waals surface area contributed by atoms with Crippen LogP contribution in [0, 0.1) is 10.1 Å². The Balaban J connectivity index is 1.83. The summed E-state index contributed by atoms with van der Waals surface area (Å²) in [7, 11) is 1.90. The van der Waals surface area contributed by atoms with Gasteiger partial charge in [0, 0.05) is 18.2 Å². The van der Waals surface area contributed by atoms with E-state index in [4.69, 9.17) is 0 Å². The Hall–Kier alpha value is -2.32. The molecule has 112 valence electrons. The molecular weight excluding hydrogens is 274 g/mol. The molecule has 0 saturated heterocycles. The van der Waals surface area contributed by atoms with Crippen molar-refractivity contribution < 1.29 is 10.0 Å². The molecular formula is C13H17N5O3. The molecule has 1 N–H and O–H groups in total. The minimum Gasteiger partial charge on any atom is -0.390 e. The number of hydrogen-bond donors (Lipinski definition) is 1. The summed E-state index contributed by atoms with van der Waals surface area (Å²) in [4.78, 5) is 15.3. The Kier molecular flexibility index (Phi) is 4.96. The maximum absolute atomic E-state index is 10.5. The third-order valence-electron chi connectivity index (χ3n) is 2.90. The molecule has 0 aliphatic heterocycles. The van der Waals surface area contributed by atoms with Crippen molar-refractivity contribution in [3.8, 4) is 0 Å². The molecule has 8 nitrogen and oxygen atoms in total. The van der Waals surface area contributed by atoms with E-state index in [1.54, 1.807) is 0 Å². The number of hydrogen-bond acceptors (Lipinski definition) is 6. The van der Waals surface area contributed by atoms with Gasteiger partial charge in [-0.3, -0.25) is 4.90 Å². The molecule has 0 saturated carbocycles. The molecule has 0 aliphatic rings. The topological polar surface area (TPSA) is 97.3 Å². The van der Waals surface area contributed by atoms with Gasteiger partial charge in [-0.1, -0.05) is 35.3 Å². The first kappa shape index (κ1) is 15.1. The van der Waals surface area contributed by atoms with Crippen molar-refractivity contribution >= 4 is 5.95 Å². The average Bonchev–Trinajstić information content (AvgIpc) is 2.88. The van der Waals surface area contributed by atoms with Gasteiger partial charge in [-0.2, -0.15) is 4.68 Å². The predicted octanol–water partition coefficient (Wildman–Crippen LogP) is 0.679. The molecule has 1 heterocycles. The lowest BCUT2D eigenvalue weighted by Gasteiger charge is -2.19. The van der Waals surface area contributed by atoms with Crippen molar-refractivity contribution in [3.63, 3.8) is 0 Å². The van der Waals surface area contributed by atoms with Crippen LogP contribution in [0.1, 0.15) is 5.56 Å². The van der Waals surface area contributed by atoms with E-state index in [-0.39, 0.29) is 6.54 Å². The molecule has 0 fully saturated rings. The van der Waals surface area contributed by atoms with Crippen molar-refractivity contribution in [2.45, 2.75) is 19.2 Å². The molecule has 0 spiro atoms. The van der Waals surface area contributed by atoms with Crippen LogP contribution in [0.5, 0.6) is 0 Å². The van der Waals surface area contributed by atoms with Gasteiger partial charge >= 0.3 is 5.95 Å². The quantitative estimate of drug-likeness (QED) is 0.595. The molecule has 1 atom stereocenters. The first-order valence-corrected chi connectivity index (χ1v) is 6.49. The highest BCUT2D eigenvalue weighted by atomic mass is 16.6. The van der Waals surface area contributed by atoms with Gasteiger partial charge in [0.05, 0.1) is 12.6 Å². The van der Waals surface area contributed by atoms with Crippen LogP contribution in [0.4, 0.5) is 5.95 Å². The fourth-order valence-electron chi connectivity index (χ4n) is 2.05. The van der Waals surface area contributed by atoms with E-state index < -0.39 is 17.0 Å². The summed E-state index contributed by atoms with van der Waals surface area (Å²) in [6.07, 6.45) is 0.568. The van der Waals surface area contributed by atoms with Crippen LogP contribution in [0.3, 0.4) is 0 Å². The van der Waals surface area contributed by atoms with Gasteiger partial charge in [-0.05, 0) is 17.5 Å². The minimum atomic E-state index is -0.681. The van der Waals surface area contributed by atoms with Crippen molar-refractivity contribution in [1.29, 1.82) is 0 Å². The Morgan fingerprint density at radius 2 is 2.14 bits per heavy atom. The fraction of sp³-hybridized carbons (Fsp3) is 0.385. The molecule has 0 amide bonds. The first-order chi connectivity index (χ1) is 10.0. The first-order valence-electron chi connectivity index (χ1n) is 6.49. The Labute approximate surface area is 121 Å². The SMILES string of the molecule is CN(Cc1ccccc1)CC(O)Cn1cnc([N+](=O)[O-])n1.